The first-order valence-electron chi connectivity index (χ1n) is 5.32. The van der Waals surface area contributed by atoms with Crippen molar-refractivity contribution in [2.24, 2.45) is 0 Å². The molecule has 0 saturated heterocycles. The van der Waals surface area contributed by atoms with Gasteiger partial charge in [0.15, 0.2) is 0 Å². The minimum atomic E-state index is -0.0512. The van der Waals surface area contributed by atoms with Crippen LogP contribution in [0.15, 0.2) is 36.9 Å². The van der Waals surface area contributed by atoms with Crippen LogP contribution in [0, 0.1) is 0 Å². The number of carbonyl (C=O) groups excluding carboxylic acids is 1. The van der Waals surface area contributed by atoms with Crippen molar-refractivity contribution >= 4 is 11.7 Å². The molecular weight excluding hydrogens is 216 g/mol. The number of aromatic nitrogens is 3. The molecule has 0 bridgehead atoms. The molecule has 2 heterocycles. The Bertz CT molecular complexity index is 496. The standard InChI is InChI=1S/C12H12N4O/c1-2-12(17)16-11-4-3-9(7-15-11)10-8-13-5-6-14-10/h3-8H,2H2,1H3,(H,15,16,17). The van der Waals surface area contributed by atoms with Crippen LogP contribution in [0.4, 0.5) is 5.82 Å². The summed E-state index contributed by atoms with van der Waals surface area (Å²) in [5, 5.41) is 2.68. The Kier molecular flexibility index (Phi) is 3.40. The third-order valence-electron chi connectivity index (χ3n) is 2.21. The van der Waals surface area contributed by atoms with Gasteiger partial charge in [-0.15, -0.1) is 0 Å². The predicted molar refractivity (Wildman–Crippen MR) is 64.2 cm³/mol. The van der Waals surface area contributed by atoms with E-state index in [1.54, 1.807) is 37.8 Å². The molecule has 2 rings (SSSR count). The van der Waals surface area contributed by atoms with Crippen molar-refractivity contribution in [1.29, 1.82) is 0 Å². The largest absolute Gasteiger partial charge is 0.311 e. The van der Waals surface area contributed by atoms with Crippen LogP contribution in [0.25, 0.3) is 11.3 Å². The van der Waals surface area contributed by atoms with E-state index < -0.39 is 0 Å². The van der Waals surface area contributed by atoms with Crippen molar-refractivity contribution in [3.63, 3.8) is 0 Å². The van der Waals surface area contributed by atoms with Gasteiger partial charge in [-0.3, -0.25) is 14.8 Å². The van der Waals surface area contributed by atoms with Crippen LogP contribution in [0.1, 0.15) is 13.3 Å². The summed E-state index contributed by atoms with van der Waals surface area (Å²) in [5.41, 5.74) is 1.63. The van der Waals surface area contributed by atoms with E-state index in [2.05, 4.69) is 20.3 Å². The summed E-state index contributed by atoms with van der Waals surface area (Å²) in [7, 11) is 0. The van der Waals surface area contributed by atoms with Gasteiger partial charge in [0, 0.05) is 30.6 Å². The van der Waals surface area contributed by atoms with Crippen LogP contribution in [0.3, 0.4) is 0 Å². The second kappa shape index (κ2) is 5.16. The zero-order valence-corrected chi connectivity index (χ0v) is 9.42. The fourth-order valence-electron chi connectivity index (χ4n) is 1.30. The molecule has 0 radical (unpaired) electrons. The lowest BCUT2D eigenvalue weighted by Crippen LogP contribution is -2.10. The molecule has 0 fully saturated rings. The lowest BCUT2D eigenvalue weighted by molar-refractivity contribution is -0.115. The molecule has 5 nitrogen and oxygen atoms in total. The van der Waals surface area contributed by atoms with Gasteiger partial charge in [-0.2, -0.15) is 0 Å². The van der Waals surface area contributed by atoms with Crippen LogP contribution in [-0.2, 0) is 4.79 Å². The topological polar surface area (TPSA) is 67.8 Å². The molecule has 0 aliphatic carbocycles. The first kappa shape index (κ1) is 11.2. The third-order valence-corrected chi connectivity index (χ3v) is 2.21. The first-order valence-corrected chi connectivity index (χ1v) is 5.32. The van der Waals surface area contributed by atoms with Crippen LogP contribution in [0.5, 0.6) is 0 Å². The maximum Gasteiger partial charge on any atom is 0.225 e. The lowest BCUT2D eigenvalue weighted by atomic mass is 10.2. The van der Waals surface area contributed by atoms with Crippen LogP contribution < -0.4 is 5.32 Å². The highest BCUT2D eigenvalue weighted by atomic mass is 16.1. The van der Waals surface area contributed by atoms with E-state index >= 15 is 0 Å². The third kappa shape index (κ3) is 2.84. The van der Waals surface area contributed by atoms with Crippen LogP contribution >= 0.6 is 0 Å². The van der Waals surface area contributed by atoms with Crippen molar-refractivity contribution in [2.75, 3.05) is 5.32 Å². The van der Waals surface area contributed by atoms with E-state index in [0.717, 1.165) is 11.3 Å². The molecule has 0 atom stereocenters. The van der Waals surface area contributed by atoms with Gasteiger partial charge in [0.05, 0.1) is 11.9 Å². The molecule has 0 aliphatic rings. The van der Waals surface area contributed by atoms with Gasteiger partial charge >= 0.3 is 0 Å². The SMILES string of the molecule is CCC(=O)Nc1ccc(-c2cnccn2)cn1. The molecule has 2 aromatic rings. The maximum atomic E-state index is 11.2. The van der Waals surface area contributed by atoms with Gasteiger partial charge in [0.25, 0.3) is 0 Å². The molecule has 2 aromatic heterocycles. The fourth-order valence-corrected chi connectivity index (χ4v) is 1.30. The number of hydrogen-bond acceptors (Lipinski definition) is 4. The Balaban J connectivity index is 2.16. The number of nitrogens with one attached hydrogen (secondary N) is 1. The van der Waals surface area contributed by atoms with E-state index in [9.17, 15) is 4.79 Å². The van der Waals surface area contributed by atoms with E-state index in [-0.39, 0.29) is 5.91 Å². The van der Waals surface area contributed by atoms with E-state index in [1.807, 2.05) is 6.07 Å². The average Bonchev–Trinajstić information content (AvgIpc) is 2.40. The second-order valence-corrected chi connectivity index (χ2v) is 3.42. The molecule has 0 aliphatic heterocycles. The highest BCUT2D eigenvalue weighted by molar-refractivity contribution is 5.89. The summed E-state index contributed by atoms with van der Waals surface area (Å²) in [6, 6.07) is 3.60. The molecule has 0 saturated carbocycles. The first-order chi connectivity index (χ1) is 8.29. The molecule has 17 heavy (non-hydrogen) atoms. The Hall–Kier alpha value is -2.30. The Morgan fingerprint density at radius 1 is 1.24 bits per heavy atom. The summed E-state index contributed by atoms with van der Waals surface area (Å²) < 4.78 is 0. The van der Waals surface area contributed by atoms with Crippen molar-refractivity contribution in [2.45, 2.75) is 13.3 Å². The van der Waals surface area contributed by atoms with Gasteiger partial charge in [-0.25, -0.2) is 4.98 Å². The Morgan fingerprint density at radius 3 is 2.71 bits per heavy atom. The zero-order chi connectivity index (χ0) is 12.1. The van der Waals surface area contributed by atoms with Crippen molar-refractivity contribution in [1.82, 2.24) is 15.0 Å². The molecule has 0 unspecified atom stereocenters. The number of rotatable bonds is 3. The summed E-state index contributed by atoms with van der Waals surface area (Å²) >= 11 is 0. The second-order valence-electron chi connectivity index (χ2n) is 3.42. The number of hydrogen-bond donors (Lipinski definition) is 1. The van der Waals surface area contributed by atoms with Gasteiger partial charge in [0.1, 0.15) is 5.82 Å². The number of amides is 1. The summed E-state index contributed by atoms with van der Waals surface area (Å²) in [4.78, 5) is 23.5. The Labute approximate surface area is 99.0 Å². The van der Waals surface area contributed by atoms with E-state index in [1.165, 1.54) is 0 Å². The monoisotopic (exact) mass is 228 g/mol. The lowest BCUT2D eigenvalue weighted by Gasteiger charge is -2.03. The van der Waals surface area contributed by atoms with Crippen molar-refractivity contribution in [3.05, 3.63) is 36.9 Å². The van der Waals surface area contributed by atoms with Crippen LogP contribution in [-0.4, -0.2) is 20.9 Å². The summed E-state index contributed by atoms with van der Waals surface area (Å²) in [6.07, 6.45) is 7.01. The van der Waals surface area contributed by atoms with E-state index in [0.29, 0.717) is 12.2 Å². The average molecular weight is 228 g/mol. The molecule has 1 N–H and O–H groups in total. The molecule has 86 valence electrons. The van der Waals surface area contributed by atoms with E-state index in [4.69, 9.17) is 0 Å². The quantitative estimate of drug-likeness (QED) is 0.871. The highest BCUT2D eigenvalue weighted by Gasteiger charge is 2.02. The maximum absolute atomic E-state index is 11.2. The normalized spacial score (nSPS) is 9.94. The fraction of sp³-hybridized carbons (Fsp3) is 0.167. The van der Waals surface area contributed by atoms with Gasteiger partial charge < -0.3 is 5.32 Å². The van der Waals surface area contributed by atoms with Crippen molar-refractivity contribution in [3.8, 4) is 11.3 Å². The molecule has 0 spiro atoms. The zero-order valence-electron chi connectivity index (χ0n) is 9.42. The molecule has 0 aromatic carbocycles. The minimum absolute atomic E-state index is 0.0512. The van der Waals surface area contributed by atoms with Gasteiger partial charge in [0.2, 0.25) is 5.91 Å². The number of carbonyl (C=O) groups is 1. The number of pyridine rings is 1. The van der Waals surface area contributed by atoms with Gasteiger partial charge in [-0.05, 0) is 12.1 Å². The number of anilines is 1. The molecular formula is C12H12N4O. The minimum Gasteiger partial charge on any atom is -0.311 e. The van der Waals surface area contributed by atoms with Gasteiger partial charge in [-0.1, -0.05) is 6.92 Å². The number of nitrogens with zero attached hydrogens (tertiary/aromatic N) is 3. The summed E-state index contributed by atoms with van der Waals surface area (Å²) in [6.45, 7) is 1.79. The smallest absolute Gasteiger partial charge is 0.225 e. The molecule has 1 amide bonds. The predicted octanol–water partition coefficient (Wildman–Crippen LogP) is 1.89. The van der Waals surface area contributed by atoms with Crippen molar-refractivity contribution < 1.29 is 4.79 Å². The van der Waals surface area contributed by atoms with Crippen LogP contribution in [0.2, 0.25) is 0 Å². The Morgan fingerprint density at radius 2 is 2.12 bits per heavy atom. The molecule has 5 heteroatoms. The summed E-state index contributed by atoms with van der Waals surface area (Å²) in [5.74, 6) is 0.495. The highest BCUT2D eigenvalue weighted by Crippen LogP contribution is 2.15.